The molecule has 9 heteroatoms. The van der Waals surface area contributed by atoms with Gasteiger partial charge < -0.3 is 11.1 Å². The number of ketones is 1. The van der Waals surface area contributed by atoms with Gasteiger partial charge in [0.2, 0.25) is 5.91 Å². The number of pyridine rings is 1. The van der Waals surface area contributed by atoms with Crippen LogP contribution in [0, 0.1) is 0 Å². The number of nitrogens with two attached hydrogens (primary N) is 1. The standard InChI is InChI=1S/C17H24N4O4S/c18-17(8-2-3-9-17)16(23)20-13-6-5-11-21(12-14(13)22)26(24,25)15-7-1-4-10-19-15/h1,4,7,10,13H,2-3,5-6,8-9,11-12,18H2,(H,20,23). The zero-order valence-corrected chi connectivity index (χ0v) is 15.4. The SMILES string of the molecule is NC1(C(=O)NC2CCCN(S(=O)(=O)c3ccccn3)CC2=O)CCCC1. The van der Waals surface area contributed by atoms with Crippen LogP contribution in [-0.4, -0.2) is 54.1 Å². The van der Waals surface area contributed by atoms with Crippen molar-refractivity contribution in [2.45, 2.75) is 55.1 Å². The summed E-state index contributed by atoms with van der Waals surface area (Å²) in [4.78, 5) is 28.9. The van der Waals surface area contributed by atoms with Crippen molar-refractivity contribution < 1.29 is 18.0 Å². The van der Waals surface area contributed by atoms with Gasteiger partial charge in [-0.15, -0.1) is 0 Å². The Morgan fingerprint density at radius 3 is 2.65 bits per heavy atom. The van der Waals surface area contributed by atoms with Crippen LogP contribution in [0.15, 0.2) is 29.4 Å². The molecular formula is C17H24N4O4S. The van der Waals surface area contributed by atoms with Gasteiger partial charge in [-0.3, -0.25) is 9.59 Å². The highest BCUT2D eigenvalue weighted by molar-refractivity contribution is 7.89. The molecule has 2 fully saturated rings. The second kappa shape index (κ2) is 7.42. The normalized spacial score (nSPS) is 24.2. The molecule has 26 heavy (non-hydrogen) atoms. The van der Waals surface area contributed by atoms with Crippen molar-refractivity contribution >= 4 is 21.7 Å². The molecule has 1 aromatic rings. The Morgan fingerprint density at radius 1 is 1.27 bits per heavy atom. The molecule has 1 saturated heterocycles. The summed E-state index contributed by atoms with van der Waals surface area (Å²) in [6, 6.07) is 3.92. The van der Waals surface area contributed by atoms with Crippen molar-refractivity contribution in [1.82, 2.24) is 14.6 Å². The zero-order chi connectivity index (χ0) is 18.8. The monoisotopic (exact) mass is 380 g/mol. The molecule has 1 aliphatic heterocycles. The first-order chi connectivity index (χ1) is 12.3. The van der Waals surface area contributed by atoms with Gasteiger partial charge >= 0.3 is 0 Å². The Kier molecular flexibility index (Phi) is 5.40. The first-order valence-electron chi connectivity index (χ1n) is 8.87. The van der Waals surface area contributed by atoms with E-state index in [-0.39, 0.29) is 29.8 Å². The van der Waals surface area contributed by atoms with Crippen molar-refractivity contribution in [2.75, 3.05) is 13.1 Å². The Morgan fingerprint density at radius 2 is 2.00 bits per heavy atom. The minimum atomic E-state index is -3.83. The lowest BCUT2D eigenvalue weighted by molar-refractivity contribution is -0.131. The van der Waals surface area contributed by atoms with Crippen LogP contribution in [0.4, 0.5) is 0 Å². The molecule has 0 aromatic carbocycles. The summed E-state index contributed by atoms with van der Waals surface area (Å²) < 4.78 is 26.5. The van der Waals surface area contributed by atoms with Gasteiger partial charge in [-0.05, 0) is 37.8 Å². The number of hydrogen-bond donors (Lipinski definition) is 2. The zero-order valence-electron chi connectivity index (χ0n) is 14.6. The third-order valence-electron chi connectivity index (χ3n) is 5.12. The van der Waals surface area contributed by atoms with Crippen LogP contribution in [0.25, 0.3) is 0 Å². The van der Waals surface area contributed by atoms with Crippen LogP contribution in [0.5, 0.6) is 0 Å². The highest BCUT2D eigenvalue weighted by Crippen LogP contribution is 2.27. The highest BCUT2D eigenvalue weighted by atomic mass is 32.2. The lowest BCUT2D eigenvalue weighted by Crippen LogP contribution is -2.56. The molecule has 1 aromatic heterocycles. The van der Waals surface area contributed by atoms with Crippen LogP contribution < -0.4 is 11.1 Å². The van der Waals surface area contributed by atoms with Crippen LogP contribution in [0.1, 0.15) is 38.5 Å². The number of nitrogens with one attached hydrogen (secondary N) is 1. The van der Waals surface area contributed by atoms with E-state index in [1.165, 1.54) is 12.3 Å². The second-order valence-electron chi connectivity index (χ2n) is 7.00. The number of carbonyl (C=O) groups is 2. The number of sulfonamides is 1. The molecule has 2 aliphatic rings. The molecule has 0 bridgehead atoms. The fourth-order valence-electron chi connectivity index (χ4n) is 3.52. The third kappa shape index (κ3) is 3.79. The summed E-state index contributed by atoms with van der Waals surface area (Å²) in [6.45, 7) is -0.0633. The quantitative estimate of drug-likeness (QED) is 0.769. The number of rotatable bonds is 4. The van der Waals surface area contributed by atoms with Gasteiger partial charge in [0.1, 0.15) is 0 Å². The van der Waals surface area contributed by atoms with E-state index in [1.54, 1.807) is 12.1 Å². The smallest absolute Gasteiger partial charge is 0.260 e. The van der Waals surface area contributed by atoms with Crippen LogP contribution >= 0.6 is 0 Å². The average molecular weight is 380 g/mol. The number of nitrogens with zero attached hydrogens (tertiary/aromatic N) is 2. The molecule has 142 valence electrons. The van der Waals surface area contributed by atoms with E-state index in [4.69, 9.17) is 5.73 Å². The number of Topliss-reactive ketones (excluding diaryl/α,β-unsaturated/α-hetero) is 1. The molecule has 3 N–H and O–H groups in total. The Labute approximate surface area is 153 Å². The fraction of sp³-hybridized carbons (Fsp3) is 0.588. The van der Waals surface area contributed by atoms with Crippen LogP contribution in [0.2, 0.25) is 0 Å². The maximum absolute atomic E-state index is 12.7. The van der Waals surface area contributed by atoms with Gasteiger partial charge in [-0.25, -0.2) is 13.4 Å². The molecule has 2 heterocycles. The van der Waals surface area contributed by atoms with Crippen LogP contribution in [-0.2, 0) is 19.6 Å². The van der Waals surface area contributed by atoms with E-state index < -0.39 is 21.6 Å². The van der Waals surface area contributed by atoms with Crippen molar-refractivity contribution in [1.29, 1.82) is 0 Å². The summed E-state index contributed by atoms with van der Waals surface area (Å²) in [7, 11) is -3.83. The molecule has 0 radical (unpaired) electrons. The first-order valence-corrected chi connectivity index (χ1v) is 10.3. The summed E-state index contributed by atoms with van der Waals surface area (Å²) in [6.07, 6.45) is 5.30. The predicted octanol–water partition coefficient (Wildman–Crippen LogP) is 0.192. The van der Waals surface area contributed by atoms with Crippen LogP contribution in [0.3, 0.4) is 0 Å². The van der Waals surface area contributed by atoms with E-state index in [9.17, 15) is 18.0 Å². The van der Waals surface area contributed by atoms with Gasteiger partial charge in [0, 0.05) is 12.7 Å². The van der Waals surface area contributed by atoms with E-state index in [2.05, 4.69) is 10.3 Å². The third-order valence-corrected chi connectivity index (χ3v) is 6.88. The van der Waals surface area contributed by atoms with Gasteiger partial charge in [0.25, 0.3) is 10.0 Å². The first kappa shape index (κ1) is 18.9. The largest absolute Gasteiger partial charge is 0.345 e. The molecule has 1 unspecified atom stereocenters. The molecule has 8 nitrogen and oxygen atoms in total. The number of amides is 1. The molecule has 3 rings (SSSR count). The number of aromatic nitrogens is 1. The summed E-state index contributed by atoms with van der Waals surface area (Å²) in [5.74, 6) is -0.633. The van der Waals surface area contributed by atoms with E-state index in [1.807, 2.05) is 0 Å². The average Bonchev–Trinajstić information content (AvgIpc) is 2.99. The van der Waals surface area contributed by atoms with E-state index >= 15 is 0 Å². The lowest BCUT2D eigenvalue weighted by atomic mass is 9.96. The summed E-state index contributed by atoms with van der Waals surface area (Å²) >= 11 is 0. The van der Waals surface area contributed by atoms with Crippen molar-refractivity contribution in [3.63, 3.8) is 0 Å². The molecule has 1 amide bonds. The van der Waals surface area contributed by atoms with E-state index in [0.717, 1.165) is 17.1 Å². The van der Waals surface area contributed by atoms with E-state index in [0.29, 0.717) is 25.7 Å². The lowest BCUT2D eigenvalue weighted by Gasteiger charge is -2.25. The molecule has 1 atom stereocenters. The topological polar surface area (TPSA) is 122 Å². The molecular weight excluding hydrogens is 356 g/mol. The summed E-state index contributed by atoms with van der Waals surface area (Å²) in [5, 5.41) is 2.67. The minimum Gasteiger partial charge on any atom is -0.345 e. The van der Waals surface area contributed by atoms with Crippen molar-refractivity contribution in [2.24, 2.45) is 5.73 Å². The van der Waals surface area contributed by atoms with Gasteiger partial charge in [0.05, 0.1) is 18.1 Å². The highest BCUT2D eigenvalue weighted by Gasteiger charge is 2.40. The molecule has 1 saturated carbocycles. The second-order valence-corrected chi connectivity index (χ2v) is 8.89. The van der Waals surface area contributed by atoms with Gasteiger partial charge in [-0.2, -0.15) is 4.31 Å². The van der Waals surface area contributed by atoms with Gasteiger partial charge in [-0.1, -0.05) is 18.9 Å². The van der Waals surface area contributed by atoms with Crippen molar-refractivity contribution in [3.05, 3.63) is 24.4 Å². The summed E-state index contributed by atoms with van der Waals surface area (Å²) in [5.41, 5.74) is 5.23. The Hall–Kier alpha value is -1.84. The van der Waals surface area contributed by atoms with Crippen molar-refractivity contribution in [3.8, 4) is 0 Å². The predicted molar refractivity (Wildman–Crippen MR) is 94.6 cm³/mol. The Balaban J connectivity index is 1.70. The Bertz CT molecular complexity index is 775. The number of hydrogen-bond acceptors (Lipinski definition) is 6. The number of carbonyl (C=O) groups excluding carboxylic acids is 2. The maximum atomic E-state index is 12.7. The minimum absolute atomic E-state index is 0.0813. The molecule has 1 aliphatic carbocycles. The maximum Gasteiger partial charge on any atom is 0.260 e. The molecule has 0 spiro atoms. The van der Waals surface area contributed by atoms with Gasteiger partial charge in [0.15, 0.2) is 10.8 Å². The fourth-order valence-corrected chi connectivity index (χ4v) is 4.90.